The Bertz CT molecular complexity index is 1150. The Morgan fingerprint density at radius 3 is 2.50 bits per heavy atom. The molecule has 0 spiro atoms. The molecule has 3 amide bonds. The maximum atomic E-state index is 12.4. The topological polar surface area (TPSA) is 92.2 Å². The van der Waals surface area contributed by atoms with E-state index in [4.69, 9.17) is 23.2 Å². The summed E-state index contributed by atoms with van der Waals surface area (Å²) in [7, 11) is 5.35. The second-order valence-electron chi connectivity index (χ2n) is 7.01. The standard InChI is InChI=1S/C21H22Cl2N6O2S/c1-12(19(30)25-20(31)24-2)32-21-27-26-18(13-6-5-7-14(10-13)28(3)4)29(21)15-8-9-16(22)17(23)11-15/h5-12H,1-4H3,(H2,24,25,30,31)/t12-/m0/s1. The lowest BCUT2D eigenvalue weighted by atomic mass is 10.1. The molecule has 0 radical (unpaired) electrons. The van der Waals surface area contributed by atoms with E-state index >= 15 is 0 Å². The largest absolute Gasteiger partial charge is 0.378 e. The third kappa shape index (κ3) is 5.35. The average Bonchev–Trinajstić information content (AvgIpc) is 3.18. The molecule has 0 saturated carbocycles. The summed E-state index contributed by atoms with van der Waals surface area (Å²) in [4.78, 5) is 25.9. The summed E-state index contributed by atoms with van der Waals surface area (Å²) in [5, 5.41) is 14.0. The highest BCUT2D eigenvalue weighted by molar-refractivity contribution is 8.00. The summed E-state index contributed by atoms with van der Waals surface area (Å²) in [6.07, 6.45) is 0. The molecule has 0 fully saturated rings. The van der Waals surface area contributed by atoms with Gasteiger partial charge >= 0.3 is 6.03 Å². The van der Waals surface area contributed by atoms with Gasteiger partial charge in [-0.1, -0.05) is 47.1 Å². The molecule has 3 rings (SSSR count). The van der Waals surface area contributed by atoms with Gasteiger partial charge in [0.15, 0.2) is 11.0 Å². The van der Waals surface area contributed by atoms with Crippen LogP contribution in [-0.4, -0.2) is 53.1 Å². The van der Waals surface area contributed by atoms with Crippen molar-refractivity contribution < 1.29 is 9.59 Å². The molecule has 0 unspecified atom stereocenters. The minimum Gasteiger partial charge on any atom is -0.378 e. The van der Waals surface area contributed by atoms with Crippen LogP contribution in [0.4, 0.5) is 10.5 Å². The van der Waals surface area contributed by atoms with Crippen molar-refractivity contribution in [1.82, 2.24) is 25.4 Å². The highest BCUT2D eigenvalue weighted by atomic mass is 35.5. The van der Waals surface area contributed by atoms with E-state index < -0.39 is 17.2 Å². The van der Waals surface area contributed by atoms with Gasteiger partial charge in [-0.25, -0.2) is 4.79 Å². The van der Waals surface area contributed by atoms with Gasteiger partial charge in [-0.2, -0.15) is 0 Å². The van der Waals surface area contributed by atoms with Crippen molar-refractivity contribution >= 4 is 52.6 Å². The number of halogens is 2. The summed E-state index contributed by atoms with van der Waals surface area (Å²) in [5.74, 6) is 0.127. The fourth-order valence-electron chi connectivity index (χ4n) is 2.80. The van der Waals surface area contributed by atoms with Crippen molar-refractivity contribution in [1.29, 1.82) is 0 Å². The molecule has 32 heavy (non-hydrogen) atoms. The van der Waals surface area contributed by atoms with E-state index in [1.807, 2.05) is 47.8 Å². The van der Waals surface area contributed by atoms with Crippen molar-refractivity contribution in [2.75, 3.05) is 26.0 Å². The number of rotatable bonds is 6. The Kier molecular flexibility index (Phi) is 7.65. The molecular weight excluding hydrogens is 471 g/mol. The van der Waals surface area contributed by atoms with Crippen LogP contribution in [-0.2, 0) is 4.79 Å². The number of hydrogen-bond acceptors (Lipinski definition) is 6. The van der Waals surface area contributed by atoms with E-state index in [1.165, 1.54) is 18.8 Å². The van der Waals surface area contributed by atoms with Crippen molar-refractivity contribution in [2.45, 2.75) is 17.3 Å². The van der Waals surface area contributed by atoms with Crippen LogP contribution in [0, 0.1) is 0 Å². The lowest BCUT2D eigenvalue weighted by Crippen LogP contribution is -2.41. The van der Waals surface area contributed by atoms with Crippen molar-refractivity contribution in [3.63, 3.8) is 0 Å². The third-order valence-electron chi connectivity index (χ3n) is 4.53. The van der Waals surface area contributed by atoms with Crippen LogP contribution in [0.15, 0.2) is 47.6 Å². The number of imide groups is 1. The first-order chi connectivity index (χ1) is 15.2. The molecule has 2 aromatic carbocycles. The minimum absolute atomic E-state index is 0.382. The average molecular weight is 493 g/mol. The quantitative estimate of drug-likeness (QED) is 0.499. The summed E-state index contributed by atoms with van der Waals surface area (Å²) >= 11 is 13.6. The van der Waals surface area contributed by atoms with E-state index in [0.717, 1.165) is 11.3 Å². The molecule has 0 aliphatic carbocycles. The Hall–Kier alpha value is -2.75. The fourth-order valence-corrected chi connectivity index (χ4v) is 3.96. The highest BCUT2D eigenvalue weighted by Crippen LogP contribution is 2.33. The third-order valence-corrected chi connectivity index (χ3v) is 6.31. The Morgan fingerprint density at radius 1 is 1.09 bits per heavy atom. The number of urea groups is 1. The second kappa shape index (κ2) is 10.2. The first kappa shape index (κ1) is 23.9. The van der Waals surface area contributed by atoms with Gasteiger partial charge in [0.05, 0.1) is 21.0 Å². The second-order valence-corrected chi connectivity index (χ2v) is 9.14. The number of nitrogens with one attached hydrogen (secondary N) is 2. The van der Waals surface area contributed by atoms with Gasteiger partial charge in [0.2, 0.25) is 5.91 Å². The van der Waals surface area contributed by atoms with Gasteiger partial charge < -0.3 is 10.2 Å². The Labute approximate surface area is 200 Å². The fraction of sp³-hybridized carbons (Fsp3) is 0.238. The summed E-state index contributed by atoms with van der Waals surface area (Å²) in [6, 6.07) is 12.5. The van der Waals surface area contributed by atoms with Crippen LogP contribution >= 0.6 is 35.0 Å². The van der Waals surface area contributed by atoms with E-state index in [0.29, 0.717) is 26.7 Å². The monoisotopic (exact) mass is 492 g/mol. The van der Waals surface area contributed by atoms with Gasteiger partial charge in [0, 0.05) is 32.4 Å². The molecule has 11 heteroatoms. The van der Waals surface area contributed by atoms with Gasteiger partial charge in [0.1, 0.15) is 0 Å². The number of amides is 3. The zero-order chi connectivity index (χ0) is 23.4. The van der Waals surface area contributed by atoms with E-state index in [-0.39, 0.29) is 0 Å². The Balaban J connectivity index is 2.06. The number of carbonyl (C=O) groups is 2. The molecule has 8 nitrogen and oxygen atoms in total. The van der Waals surface area contributed by atoms with Crippen molar-refractivity contribution in [3.05, 3.63) is 52.5 Å². The van der Waals surface area contributed by atoms with Crippen LogP contribution in [0.25, 0.3) is 17.1 Å². The normalized spacial score (nSPS) is 11.7. The first-order valence-electron chi connectivity index (χ1n) is 9.59. The number of benzene rings is 2. The number of carbonyl (C=O) groups excluding carboxylic acids is 2. The van der Waals surface area contributed by atoms with E-state index in [2.05, 4.69) is 20.8 Å². The zero-order valence-electron chi connectivity index (χ0n) is 17.9. The van der Waals surface area contributed by atoms with Gasteiger partial charge in [-0.3, -0.25) is 14.7 Å². The van der Waals surface area contributed by atoms with Crippen LogP contribution < -0.4 is 15.5 Å². The molecule has 168 valence electrons. The first-order valence-corrected chi connectivity index (χ1v) is 11.2. The molecule has 1 aromatic heterocycles. The van der Waals surface area contributed by atoms with Gasteiger partial charge in [0.25, 0.3) is 0 Å². The summed E-state index contributed by atoms with van der Waals surface area (Å²) in [6.45, 7) is 1.68. The molecule has 2 N–H and O–H groups in total. The zero-order valence-corrected chi connectivity index (χ0v) is 20.2. The van der Waals surface area contributed by atoms with Crippen molar-refractivity contribution in [3.8, 4) is 17.1 Å². The van der Waals surface area contributed by atoms with Crippen LogP contribution in [0.5, 0.6) is 0 Å². The predicted octanol–water partition coefficient (Wildman–Crippen LogP) is 4.24. The van der Waals surface area contributed by atoms with Crippen LogP contribution in [0.3, 0.4) is 0 Å². The number of anilines is 1. The lowest BCUT2D eigenvalue weighted by molar-refractivity contribution is -0.119. The predicted molar refractivity (Wildman–Crippen MR) is 129 cm³/mol. The van der Waals surface area contributed by atoms with Crippen molar-refractivity contribution in [2.24, 2.45) is 0 Å². The summed E-state index contributed by atoms with van der Waals surface area (Å²) < 4.78 is 1.81. The molecule has 0 bridgehead atoms. The molecular formula is C21H22Cl2N6O2S. The number of aromatic nitrogens is 3. The van der Waals surface area contributed by atoms with Crippen LogP contribution in [0.2, 0.25) is 10.0 Å². The van der Waals surface area contributed by atoms with E-state index in [9.17, 15) is 9.59 Å². The molecule has 0 saturated heterocycles. The van der Waals surface area contributed by atoms with Crippen LogP contribution in [0.1, 0.15) is 6.92 Å². The number of hydrogen-bond donors (Lipinski definition) is 2. The molecule has 3 aromatic rings. The Morgan fingerprint density at radius 2 is 1.84 bits per heavy atom. The molecule has 1 atom stereocenters. The van der Waals surface area contributed by atoms with Gasteiger partial charge in [-0.05, 0) is 37.3 Å². The maximum absolute atomic E-state index is 12.4. The maximum Gasteiger partial charge on any atom is 0.321 e. The van der Waals surface area contributed by atoms with E-state index in [1.54, 1.807) is 25.1 Å². The molecule has 0 aliphatic heterocycles. The minimum atomic E-state index is -0.612. The summed E-state index contributed by atoms with van der Waals surface area (Å²) in [5.41, 5.74) is 2.53. The van der Waals surface area contributed by atoms with Gasteiger partial charge in [-0.15, -0.1) is 10.2 Å². The SMILES string of the molecule is CNC(=O)NC(=O)[C@H](C)Sc1nnc(-c2cccc(N(C)C)c2)n1-c1ccc(Cl)c(Cl)c1. The highest BCUT2D eigenvalue weighted by Gasteiger charge is 2.23. The number of nitrogens with zero attached hydrogens (tertiary/aromatic N) is 4. The lowest BCUT2D eigenvalue weighted by Gasteiger charge is -2.16. The molecule has 0 aliphatic rings. The smallest absolute Gasteiger partial charge is 0.321 e. The number of thioether (sulfide) groups is 1. The molecule has 1 heterocycles.